The van der Waals surface area contributed by atoms with E-state index in [0.717, 1.165) is 0 Å². The SMILES string of the molecule is CC1OCCN1C(=O)c1ccccc1F. The lowest BCUT2D eigenvalue weighted by Crippen LogP contribution is -2.34. The number of benzene rings is 1. The molecule has 1 unspecified atom stereocenters. The minimum Gasteiger partial charge on any atom is -0.357 e. The molecule has 1 aliphatic heterocycles. The van der Waals surface area contributed by atoms with E-state index < -0.39 is 5.82 Å². The van der Waals surface area contributed by atoms with Gasteiger partial charge in [-0.3, -0.25) is 4.79 Å². The molecule has 3 nitrogen and oxygen atoms in total. The second-order valence-corrected chi connectivity index (χ2v) is 3.45. The van der Waals surface area contributed by atoms with Gasteiger partial charge < -0.3 is 9.64 Å². The van der Waals surface area contributed by atoms with Crippen LogP contribution in [0.2, 0.25) is 0 Å². The van der Waals surface area contributed by atoms with Crippen LogP contribution in [0.15, 0.2) is 24.3 Å². The minimum absolute atomic E-state index is 0.106. The van der Waals surface area contributed by atoms with Gasteiger partial charge in [0.15, 0.2) is 0 Å². The van der Waals surface area contributed by atoms with Crippen molar-refractivity contribution in [3.63, 3.8) is 0 Å². The molecule has 0 bridgehead atoms. The minimum atomic E-state index is -0.485. The molecule has 1 fully saturated rings. The molecule has 80 valence electrons. The molecule has 1 aromatic carbocycles. The first-order valence-electron chi connectivity index (χ1n) is 4.87. The standard InChI is InChI=1S/C11H12FNO2/c1-8-13(6-7-15-8)11(14)9-4-2-3-5-10(9)12/h2-5,8H,6-7H2,1H3. The highest BCUT2D eigenvalue weighted by Gasteiger charge is 2.27. The van der Waals surface area contributed by atoms with E-state index in [2.05, 4.69) is 0 Å². The van der Waals surface area contributed by atoms with Crippen LogP contribution in [0.1, 0.15) is 17.3 Å². The Balaban J connectivity index is 2.24. The monoisotopic (exact) mass is 209 g/mol. The molecule has 0 N–H and O–H groups in total. The van der Waals surface area contributed by atoms with Gasteiger partial charge in [0.2, 0.25) is 0 Å². The number of rotatable bonds is 1. The van der Waals surface area contributed by atoms with Crippen molar-refractivity contribution < 1.29 is 13.9 Å². The molecule has 1 aromatic rings. The molecular weight excluding hydrogens is 197 g/mol. The van der Waals surface area contributed by atoms with Gasteiger partial charge in [-0.25, -0.2) is 4.39 Å². The Bertz CT molecular complexity index is 381. The van der Waals surface area contributed by atoms with Crippen molar-refractivity contribution in [2.24, 2.45) is 0 Å². The van der Waals surface area contributed by atoms with E-state index in [1.165, 1.54) is 17.0 Å². The average molecular weight is 209 g/mol. The van der Waals surface area contributed by atoms with Crippen LogP contribution in [0.3, 0.4) is 0 Å². The fourth-order valence-electron chi connectivity index (χ4n) is 1.65. The third-order valence-electron chi connectivity index (χ3n) is 2.50. The first-order valence-corrected chi connectivity index (χ1v) is 4.87. The number of carbonyl (C=O) groups excluding carboxylic acids is 1. The third-order valence-corrected chi connectivity index (χ3v) is 2.50. The first kappa shape index (κ1) is 10.1. The van der Waals surface area contributed by atoms with Crippen molar-refractivity contribution in [1.82, 2.24) is 4.90 Å². The molecule has 1 heterocycles. The van der Waals surface area contributed by atoms with Gasteiger partial charge >= 0.3 is 0 Å². The summed E-state index contributed by atoms with van der Waals surface area (Å²) in [4.78, 5) is 13.4. The fourth-order valence-corrected chi connectivity index (χ4v) is 1.65. The Hall–Kier alpha value is -1.42. The zero-order valence-electron chi connectivity index (χ0n) is 8.44. The summed E-state index contributed by atoms with van der Waals surface area (Å²) in [5.41, 5.74) is 0.106. The predicted molar refractivity (Wildman–Crippen MR) is 52.9 cm³/mol. The summed E-state index contributed by atoms with van der Waals surface area (Å²) in [5.74, 6) is -0.792. The van der Waals surface area contributed by atoms with Crippen LogP contribution in [-0.4, -0.2) is 30.2 Å². The molecule has 0 radical (unpaired) electrons. The molecule has 0 aromatic heterocycles. The van der Waals surface area contributed by atoms with E-state index in [0.29, 0.717) is 13.2 Å². The van der Waals surface area contributed by atoms with Crippen LogP contribution in [0, 0.1) is 5.82 Å². The summed E-state index contributed by atoms with van der Waals surface area (Å²) >= 11 is 0. The number of amides is 1. The molecule has 1 atom stereocenters. The summed E-state index contributed by atoms with van der Waals surface area (Å²) in [5, 5.41) is 0. The van der Waals surface area contributed by atoms with Crippen LogP contribution in [0.25, 0.3) is 0 Å². The molecule has 0 spiro atoms. The first-order chi connectivity index (χ1) is 7.20. The Labute approximate surface area is 87.5 Å². The predicted octanol–water partition coefficient (Wildman–Crippen LogP) is 1.64. The molecule has 1 aliphatic rings. The smallest absolute Gasteiger partial charge is 0.258 e. The highest BCUT2D eigenvalue weighted by atomic mass is 19.1. The van der Waals surface area contributed by atoms with Gasteiger partial charge in [0, 0.05) is 6.54 Å². The molecule has 1 saturated heterocycles. The van der Waals surface area contributed by atoms with Gasteiger partial charge in [0.1, 0.15) is 12.0 Å². The maximum atomic E-state index is 13.3. The summed E-state index contributed by atoms with van der Waals surface area (Å²) in [6, 6.07) is 5.99. The van der Waals surface area contributed by atoms with Crippen molar-refractivity contribution in [3.8, 4) is 0 Å². The van der Waals surface area contributed by atoms with Crippen molar-refractivity contribution in [2.75, 3.05) is 13.2 Å². The maximum Gasteiger partial charge on any atom is 0.258 e. The van der Waals surface area contributed by atoms with E-state index in [9.17, 15) is 9.18 Å². The number of hydrogen-bond donors (Lipinski definition) is 0. The number of ether oxygens (including phenoxy) is 1. The quantitative estimate of drug-likeness (QED) is 0.703. The largest absolute Gasteiger partial charge is 0.357 e. The zero-order chi connectivity index (χ0) is 10.8. The van der Waals surface area contributed by atoms with Crippen molar-refractivity contribution in [2.45, 2.75) is 13.2 Å². The van der Waals surface area contributed by atoms with Crippen molar-refractivity contribution in [3.05, 3.63) is 35.6 Å². The molecule has 1 amide bonds. The Kier molecular flexibility index (Phi) is 2.68. The highest BCUT2D eigenvalue weighted by Crippen LogP contribution is 2.16. The lowest BCUT2D eigenvalue weighted by molar-refractivity contribution is 0.0374. The summed E-state index contributed by atoms with van der Waals surface area (Å²) in [7, 11) is 0. The lowest BCUT2D eigenvalue weighted by atomic mass is 10.2. The molecule has 0 aliphatic carbocycles. The van der Waals surface area contributed by atoms with Gasteiger partial charge in [-0.05, 0) is 19.1 Å². The van der Waals surface area contributed by atoms with E-state index >= 15 is 0 Å². The second-order valence-electron chi connectivity index (χ2n) is 3.45. The van der Waals surface area contributed by atoms with Gasteiger partial charge in [0.25, 0.3) is 5.91 Å². The van der Waals surface area contributed by atoms with Gasteiger partial charge in [-0.1, -0.05) is 12.1 Å². The number of nitrogens with zero attached hydrogens (tertiary/aromatic N) is 1. The van der Waals surface area contributed by atoms with E-state index in [4.69, 9.17) is 4.74 Å². The van der Waals surface area contributed by atoms with E-state index in [1.807, 2.05) is 0 Å². The van der Waals surface area contributed by atoms with E-state index in [1.54, 1.807) is 19.1 Å². The maximum absolute atomic E-state index is 13.3. The highest BCUT2D eigenvalue weighted by molar-refractivity contribution is 5.94. The second kappa shape index (κ2) is 3.98. The van der Waals surface area contributed by atoms with Gasteiger partial charge in [-0.15, -0.1) is 0 Å². The molecule has 4 heteroatoms. The fraction of sp³-hybridized carbons (Fsp3) is 0.364. The summed E-state index contributed by atoms with van der Waals surface area (Å²) < 4.78 is 18.6. The lowest BCUT2D eigenvalue weighted by Gasteiger charge is -2.19. The number of carbonyl (C=O) groups is 1. The topological polar surface area (TPSA) is 29.5 Å². The average Bonchev–Trinajstić information content (AvgIpc) is 2.64. The van der Waals surface area contributed by atoms with Crippen molar-refractivity contribution in [1.29, 1.82) is 0 Å². The van der Waals surface area contributed by atoms with E-state index in [-0.39, 0.29) is 17.7 Å². The Morgan fingerprint density at radius 2 is 2.27 bits per heavy atom. The summed E-state index contributed by atoms with van der Waals surface area (Å²) in [6.45, 7) is 2.82. The molecular formula is C11H12FNO2. The van der Waals surface area contributed by atoms with Crippen LogP contribution in [0.5, 0.6) is 0 Å². The summed E-state index contributed by atoms with van der Waals surface area (Å²) in [6.07, 6.45) is -0.267. The Morgan fingerprint density at radius 3 is 2.87 bits per heavy atom. The third kappa shape index (κ3) is 1.85. The molecule has 15 heavy (non-hydrogen) atoms. The van der Waals surface area contributed by atoms with Crippen LogP contribution in [-0.2, 0) is 4.74 Å². The molecule has 0 saturated carbocycles. The van der Waals surface area contributed by atoms with Crippen LogP contribution < -0.4 is 0 Å². The number of hydrogen-bond acceptors (Lipinski definition) is 2. The normalized spacial score (nSPS) is 20.7. The van der Waals surface area contributed by atoms with Crippen molar-refractivity contribution >= 4 is 5.91 Å². The van der Waals surface area contributed by atoms with Crippen LogP contribution in [0.4, 0.5) is 4.39 Å². The Morgan fingerprint density at radius 1 is 1.53 bits per heavy atom. The van der Waals surface area contributed by atoms with Gasteiger partial charge in [0.05, 0.1) is 12.2 Å². The zero-order valence-corrected chi connectivity index (χ0v) is 8.44. The molecule has 2 rings (SSSR count). The van der Waals surface area contributed by atoms with Gasteiger partial charge in [-0.2, -0.15) is 0 Å². The van der Waals surface area contributed by atoms with Crippen LogP contribution >= 0.6 is 0 Å². The number of halogens is 1.